The fourth-order valence-corrected chi connectivity index (χ4v) is 7.42. The Morgan fingerprint density at radius 1 is 0.843 bits per heavy atom. The zero-order valence-electron chi connectivity index (χ0n) is 29.9. The molecule has 0 saturated carbocycles. The Kier molecular flexibility index (Phi) is 9.85. The lowest BCUT2D eigenvalue weighted by Gasteiger charge is -2.27. The van der Waals surface area contributed by atoms with Gasteiger partial charge in [0.1, 0.15) is 0 Å². The van der Waals surface area contributed by atoms with Crippen LogP contribution in [0.5, 0.6) is 0 Å². The van der Waals surface area contributed by atoms with Crippen LogP contribution in [0.3, 0.4) is 0 Å². The molecule has 0 amide bonds. The molecule has 0 spiro atoms. The summed E-state index contributed by atoms with van der Waals surface area (Å²) in [5.41, 5.74) is 20.7. The number of aromatic nitrogens is 2. The molecule has 3 aromatic carbocycles. The van der Waals surface area contributed by atoms with Gasteiger partial charge in [0.25, 0.3) is 0 Å². The van der Waals surface area contributed by atoms with Gasteiger partial charge in [-0.1, -0.05) is 104 Å². The Hall–Kier alpha value is -5.87. The van der Waals surface area contributed by atoms with Crippen LogP contribution < -0.4 is 16.2 Å². The van der Waals surface area contributed by atoms with E-state index in [1.807, 2.05) is 62.8 Å². The number of hydrogen-bond acceptors (Lipinski definition) is 4. The predicted octanol–water partition coefficient (Wildman–Crippen LogP) is 9.97. The Morgan fingerprint density at radius 2 is 1.57 bits per heavy atom. The van der Waals surface area contributed by atoms with Gasteiger partial charge >= 0.3 is 0 Å². The van der Waals surface area contributed by atoms with Gasteiger partial charge in [-0.3, -0.25) is 15.0 Å². The highest BCUT2D eigenvalue weighted by Gasteiger charge is 2.30. The minimum Gasteiger partial charge on any atom is -0.396 e. The molecular formula is C47H44N4. The van der Waals surface area contributed by atoms with Crippen molar-refractivity contribution >= 4 is 56.5 Å². The van der Waals surface area contributed by atoms with Crippen LogP contribution in [0.2, 0.25) is 0 Å². The predicted molar refractivity (Wildman–Crippen MR) is 219 cm³/mol. The smallest absolute Gasteiger partial charge is 0.0943 e. The van der Waals surface area contributed by atoms with E-state index in [1.165, 1.54) is 33.1 Å². The highest BCUT2D eigenvalue weighted by molar-refractivity contribution is 6.39. The second kappa shape index (κ2) is 14.9. The molecule has 2 aromatic heterocycles. The first-order chi connectivity index (χ1) is 25.1. The lowest BCUT2D eigenvalue weighted by molar-refractivity contribution is 0.846. The number of aryl methyl sites for hydroxylation is 1. The molecular weight excluding hydrogens is 621 g/mol. The maximum Gasteiger partial charge on any atom is 0.0943 e. The minimum atomic E-state index is 0.665. The SMILES string of the molecule is C\C=C/N=C1\C(c2cc(/C=C\C=C\C)c(N)c3ncccc23)=c2ccccc2=C(c2cc3c(c4ncccc24)CCC/C=C/C=C\3)\C1=C(\C)CC. The van der Waals surface area contributed by atoms with Gasteiger partial charge in [0.2, 0.25) is 0 Å². The van der Waals surface area contributed by atoms with E-state index in [2.05, 4.69) is 98.8 Å². The topological polar surface area (TPSA) is 64.2 Å². The number of aliphatic imine (C=N–C) groups is 1. The van der Waals surface area contributed by atoms with Crippen molar-refractivity contribution in [3.63, 3.8) is 0 Å². The zero-order chi connectivity index (χ0) is 35.3. The van der Waals surface area contributed by atoms with Crippen molar-refractivity contribution in [3.05, 3.63) is 171 Å². The van der Waals surface area contributed by atoms with Gasteiger partial charge < -0.3 is 5.73 Å². The van der Waals surface area contributed by atoms with E-state index in [1.54, 1.807) is 0 Å². The van der Waals surface area contributed by atoms with Gasteiger partial charge in [-0.15, -0.1) is 0 Å². The quantitative estimate of drug-likeness (QED) is 0.145. The highest BCUT2D eigenvalue weighted by Crippen LogP contribution is 2.40. The lowest BCUT2D eigenvalue weighted by atomic mass is 9.77. The fourth-order valence-electron chi connectivity index (χ4n) is 7.42. The minimum absolute atomic E-state index is 0.665. The summed E-state index contributed by atoms with van der Waals surface area (Å²) in [5.74, 6) is 0. The summed E-state index contributed by atoms with van der Waals surface area (Å²) in [6.07, 6.45) is 28.7. The highest BCUT2D eigenvalue weighted by atomic mass is 14.7. The van der Waals surface area contributed by atoms with Crippen LogP contribution in [0.1, 0.15) is 74.8 Å². The van der Waals surface area contributed by atoms with E-state index < -0.39 is 0 Å². The summed E-state index contributed by atoms with van der Waals surface area (Å²) in [5, 5.41) is 4.46. The molecule has 51 heavy (non-hydrogen) atoms. The summed E-state index contributed by atoms with van der Waals surface area (Å²) < 4.78 is 0. The Bertz CT molecular complexity index is 2520. The second-order valence-electron chi connectivity index (χ2n) is 13.0. The van der Waals surface area contributed by atoms with Crippen molar-refractivity contribution in [1.29, 1.82) is 0 Å². The van der Waals surface area contributed by atoms with Crippen molar-refractivity contribution < 1.29 is 0 Å². The van der Waals surface area contributed by atoms with E-state index in [9.17, 15) is 0 Å². The molecule has 252 valence electrons. The van der Waals surface area contributed by atoms with Gasteiger partial charge in [-0.25, -0.2) is 0 Å². The van der Waals surface area contributed by atoms with Gasteiger partial charge in [-0.2, -0.15) is 0 Å². The van der Waals surface area contributed by atoms with Gasteiger partial charge in [0.15, 0.2) is 0 Å². The summed E-state index contributed by atoms with van der Waals surface area (Å²) in [6, 6.07) is 21.8. The summed E-state index contributed by atoms with van der Waals surface area (Å²) in [7, 11) is 0. The number of allylic oxidation sites excluding steroid dienone is 9. The largest absolute Gasteiger partial charge is 0.396 e. The van der Waals surface area contributed by atoms with Crippen molar-refractivity contribution in [1.82, 2.24) is 9.97 Å². The number of nitrogens with zero attached hydrogens (tertiary/aromatic N) is 3. The number of hydrogen-bond donors (Lipinski definition) is 1. The van der Waals surface area contributed by atoms with Crippen LogP contribution in [0.25, 0.3) is 45.1 Å². The molecule has 0 atom stereocenters. The Labute approximate surface area is 300 Å². The van der Waals surface area contributed by atoms with Crippen LogP contribution >= 0.6 is 0 Å². The monoisotopic (exact) mass is 664 g/mol. The molecule has 2 N–H and O–H groups in total. The molecule has 2 aliphatic rings. The third-order valence-electron chi connectivity index (χ3n) is 9.93. The second-order valence-corrected chi connectivity index (χ2v) is 13.0. The first-order valence-corrected chi connectivity index (χ1v) is 18.0. The molecule has 5 aromatic rings. The average Bonchev–Trinajstić information content (AvgIpc) is 3.29. The van der Waals surface area contributed by atoms with E-state index in [-0.39, 0.29) is 0 Å². The first kappa shape index (κ1) is 33.6. The molecule has 4 heteroatoms. The number of nitrogen functional groups attached to an aromatic ring is 1. The molecule has 2 heterocycles. The maximum atomic E-state index is 6.83. The van der Waals surface area contributed by atoms with Gasteiger partial charge in [-0.05, 0) is 109 Å². The van der Waals surface area contributed by atoms with Crippen LogP contribution in [0.4, 0.5) is 5.69 Å². The van der Waals surface area contributed by atoms with Crippen LogP contribution in [-0.4, -0.2) is 15.7 Å². The normalized spacial score (nSPS) is 18.0. The first-order valence-electron chi connectivity index (χ1n) is 18.0. The lowest BCUT2D eigenvalue weighted by Crippen LogP contribution is -2.38. The van der Waals surface area contributed by atoms with Crippen molar-refractivity contribution in [3.8, 4) is 0 Å². The van der Waals surface area contributed by atoms with Gasteiger partial charge in [0.05, 0.1) is 22.4 Å². The van der Waals surface area contributed by atoms with Crippen LogP contribution in [0, 0.1) is 0 Å². The number of pyridine rings is 2. The average molecular weight is 665 g/mol. The Morgan fingerprint density at radius 3 is 2.31 bits per heavy atom. The van der Waals surface area contributed by atoms with Crippen molar-refractivity contribution in [2.75, 3.05) is 5.73 Å². The molecule has 0 saturated heterocycles. The third-order valence-corrected chi connectivity index (χ3v) is 9.93. The molecule has 7 rings (SSSR count). The zero-order valence-corrected chi connectivity index (χ0v) is 29.9. The number of fused-ring (bicyclic) bond motifs is 5. The molecule has 4 nitrogen and oxygen atoms in total. The molecule has 0 unspecified atom stereocenters. The number of nitrogens with two attached hydrogens (primary N) is 1. The van der Waals surface area contributed by atoms with Crippen LogP contribution in [-0.2, 0) is 6.42 Å². The molecule has 0 fully saturated rings. The van der Waals surface area contributed by atoms with E-state index >= 15 is 0 Å². The molecule has 0 bridgehead atoms. The van der Waals surface area contributed by atoms with Crippen molar-refractivity contribution in [2.45, 2.75) is 53.4 Å². The standard InChI is InChI=1S/C47H44N4/c1-5-8-12-20-33-30-40(38-25-18-28-51-46(38)44(33)48)43-36-23-16-15-22-35(36)42(41(31(4)7-3)47(43)49-26-6-2)39-29-32-19-13-10-9-11-14-21-34(32)45-37(39)24-17-27-50-45/h5-6,8-10,12-13,15-20,22-30H,7,11,14,21,48H2,1-4H3/b8-5+,10-9+,19-13-,20-12-,26-6-,41-31+,49-47-. The number of benzene rings is 3. The summed E-state index contributed by atoms with van der Waals surface area (Å²) in [6.45, 7) is 8.52. The maximum absolute atomic E-state index is 6.83. The molecule has 0 aliphatic heterocycles. The summed E-state index contributed by atoms with van der Waals surface area (Å²) >= 11 is 0. The van der Waals surface area contributed by atoms with E-state index in [0.717, 1.165) is 80.7 Å². The molecule has 2 aliphatic carbocycles. The van der Waals surface area contributed by atoms with Crippen LogP contribution in [0.15, 0.2) is 138 Å². The fraction of sp³-hybridized carbons (Fsp3) is 0.170. The van der Waals surface area contributed by atoms with Crippen molar-refractivity contribution in [2.24, 2.45) is 4.99 Å². The Balaban J connectivity index is 1.71. The summed E-state index contributed by atoms with van der Waals surface area (Å²) in [4.78, 5) is 15.2. The number of rotatable bonds is 6. The molecule has 0 radical (unpaired) electrons. The van der Waals surface area contributed by atoms with Gasteiger partial charge in [0, 0.05) is 46.1 Å². The van der Waals surface area contributed by atoms with E-state index in [0.29, 0.717) is 5.69 Å². The van der Waals surface area contributed by atoms with E-state index in [4.69, 9.17) is 20.7 Å². The number of anilines is 1. The third kappa shape index (κ3) is 6.23.